The molecule has 116 valence electrons. The summed E-state index contributed by atoms with van der Waals surface area (Å²) in [6.45, 7) is 3.47. The van der Waals surface area contributed by atoms with E-state index in [1.54, 1.807) is 6.92 Å². The van der Waals surface area contributed by atoms with E-state index in [0.29, 0.717) is 6.54 Å². The van der Waals surface area contributed by atoms with Crippen LogP contribution in [0.3, 0.4) is 0 Å². The number of piperidine rings is 1. The van der Waals surface area contributed by atoms with Crippen LogP contribution in [-0.4, -0.2) is 43.2 Å². The topological polar surface area (TPSA) is 70.2 Å². The van der Waals surface area contributed by atoms with Gasteiger partial charge < -0.3 is 16.0 Å². The van der Waals surface area contributed by atoms with E-state index < -0.39 is 30.1 Å². The second-order valence-corrected chi connectivity index (χ2v) is 4.90. The molecule has 1 aliphatic rings. The zero-order chi connectivity index (χ0) is 15.3. The van der Waals surface area contributed by atoms with Crippen LogP contribution in [-0.2, 0) is 9.59 Å². The molecule has 1 fully saturated rings. The number of hydrogen-bond donors (Lipinski definition) is 3. The molecule has 3 atom stereocenters. The van der Waals surface area contributed by atoms with E-state index in [4.69, 9.17) is 0 Å². The molecule has 0 saturated carbocycles. The first-order valence-electron chi connectivity index (χ1n) is 6.63. The van der Waals surface area contributed by atoms with Gasteiger partial charge in [0.15, 0.2) is 0 Å². The van der Waals surface area contributed by atoms with Crippen molar-refractivity contribution in [2.75, 3.05) is 13.1 Å². The molecule has 3 unspecified atom stereocenters. The zero-order valence-corrected chi connectivity index (χ0v) is 11.5. The van der Waals surface area contributed by atoms with Crippen LogP contribution in [0.4, 0.5) is 13.2 Å². The smallest absolute Gasteiger partial charge is 0.355 e. The predicted octanol–water partition coefficient (Wildman–Crippen LogP) is 0.558. The van der Waals surface area contributed by atoms with Gasteiger partial charge in [-0.25, -0.2) is 0 Å². The van der Waals surface area contributed by atoms with Gasteiger partial charge in [0.05, 0.1) is 12.0 Å². The van der Waals surface area contributed by atoms with Gasteiger partial charge >= 0.3 is 6.18 Å². The number of carbonyl (C=O) groups excluding carboxylic acids is 2. The molecule has 8 heteroatoms. The molecule has 0 radical (unpaired) electrons. The van der Waals surface area contributed by atoms with Crippen molar-refractivity contribution in [3.05, 3.63) is 0 Å². The molecule has 0 spiro atoms. The van der Waals surface area contributed by atoms with Crippen molar-refractivity contribution in [1.82, 2.24) is 16.0 Å². The summed E-state index contributed by atoms with van der Waals surface area (Å²) in [6.07, 6.45) is -4.20. The molecule has 1 saturated heterocycles. The second-order valence-electron chi connectivity index (χ2n) is 4.90. The first-order chi connectivity index (χ1) is 9.25. The summed E-state index contributed by atoms with van der Waals surface area (Å²) in [7, 11) is 0. The molecule has 1 aliphatic heterocycles. The van der Waals surface area contributed by atoms with E-state index in [1.165, 1.54) is 6.92 Å². The highest BCUT2D eigenvalue weighted by molar-refractivity contribution is 5.89. The molecule has 20 heavy (non-hydrogen) atoms. The van der Waals surface area contributed by atoms with E-state index in [2.05, 4.69) is 16.0 Å². The number of amides is 2. The van der Waals surface area contributed by atoms with E-state index in [-0.39, 0.29) is 25.3 Å². The Balaban J connectivity index is 2.41. The van der Waals surface area contributed by atoms with E-state index in [0.717, 1.165) is 0 Å². The molecular weight excluding hydrogens is 275 g/mol. The number of halogens is 3. The largest absolute Gasteiger partial charge is 0.393 e. The minimum Gasteiger partial charge on any atom is -0.355 e. The summed E-state index contributed by atoms with van der Waals surface area (Å²) in [4.78, 5) is 23.3. The van der Waals surface area contributed by atoms with Gasteiger partial charge in [-0.15, -0.1) is 0 Å². The average molecular weight is 295 g/mol. The van der Waals surface area contributed by atoms with Gasteiger partial charge in [-0.1, -0.05) is 0 Å². The monoisotopic (exact) mass is 295 g/mol. The van der Waals surface area contributed by atoms with Gasteiger partial charge in [-0.05, 0) is 26.7 Å². The zero-order valence-electron chi connectivity index (χ0n) is 11.5. The minimum absolute atomic E-state index is 0.0792. The molecule has 1 rings (SSSR count). The van der Waals surface area contributed by atoms with Crippen LogP contribution in [0.1, 0.15) is 26.7 Å². The Hall–Kier alpha value is -1.31. The van der Waals surface area contributed by atoms with Crippen LogP contribution < -0.4 is 16.0 Å². The Bertz CT molecular complexity index is 352. The number of alkyl halides is 3. The fraction of sp³-hybridized carbons (Fsp3) is 0.833. The summed E-state index contributed by atoms with van der Waals surface area (Å²) in [6, 6.07) is -1.38. The molecule has 2 amide bonds. The Morgan fingerprint density at radius 2 is 2.00 bits per heavy atom. The van der Waals surface area contributed by atoms with Gasteiger partial charge in [0.25, 0.3) is 0 Å². The van der Waals surface area contributed by atoms with Gasteiger partial charge in [0.1, 0.15) is 6.04 Å². The van der Waals surface area contributed by atoms with Crippen LogP contribution in [0.15, 0.2) is 0 Å². The van der Waals surface area contributed by atoms with Crippen molar-refractivity contribution < 1.29 is 22.8 Å². The SMILES string of the molecule is CCNC(=O)C(C)NC(=O)C1CCC(C(F)(F)F)CN1. The van der Waals surface area contributed by atoms with Crippen molar-refractivity contribution >= 4 is 11.8 Å². The van der Waals surface area contributed by atoms with Gasteiger partial charge in [0, 0.05) is 13.1 Å². The fourth-order valence-electron chi connectivity index (χ4n) is 2.07. The highest BCUT2D eigenvalue weighted by Crippen LogP contribution is 2.31. The molecule has 0 aliphatic carbocycles. The first kappa shape index (κ1) is 16.7. The lowest BCUT2D eigenvalue weighted by Crippen LogP contribution is -2.55. The van der Waals surface area contributed by atoms with Gasteiger partial charge in [-0.3, -0.25) is 9.59 Å². The maximum atomic E-state index is 12.5. The number of hydrogen-bond acceptors (Lipinski definition) is 3. The third kappa shape index (κ3) is 4.66. The summed E-state index contributed by atoms with van der Waals surface area (Å²) in [5.41, 5.74) is 0. The lowest BCUT2D eigenvalue weighted by atomic mass is 9.94. The maximum Gasteiger partial charge on any atom is 0.393 e. The second kappa shape index (κ2) is 6.92. The molecule has 0 aromatic rings. The Kier molecular flexibility index (Phi) is 5.79. The summed E-state index contributed by atoms with van der Waals surface area (Å²) in [5, 5.41) is 7.64. The van der Waals surface area contributed by atoms with Gasteiger partial charge in [-0.2, -0.15) is 13.2 Å². The quantitative estimate of drug-likeness (QED) is 0.710. The van der Waals surface area contributed by atoms with Crippen molar-refractivity contribution in [1.29, 1.82) is 0 Å². The molecule has 5 nitrogen and oxygen atoms in total. The van der Waals surface area contributed by atoms with Crippen LogP contribution in [0.2, 0.25) is 0 Å². The predicted molar refractivity (Wildman–Crippen MR) is 66.9 cm³/mol. The van der Waals surface area contributed by atoms with Crippen LogP contribution in [0.25, 0.3) is 0 Å². The number of rotatable bonds is 4. The van der Waals surface area contributed by atoms with Gasteiger partial charge in [0.2, 0.25) is 11.8 Å². The number of carbonyl (C=O) groups is 2. The highest BCUT2D eigenvalue weighted by Gasteiger charge is 2.42. The first-order valence-corrected chi connectivity index (χ1v) is 6.63. The molecule has 3 N–H and O–H groups in total. The standard InChI is InChI=1S/C12H20F3N3O2/c1-3-16-10(19)7(2)18-11(20)9-5-4-8(6-17-9)12(13,14)15/h7-9,17H,3-6H2,1-2H3,(H,16,19)(H,18,20). The average Bonchev–Trinajstić information content (AvgIpc) is 2.38. The molecule has 0 aromatic heterocycles. The molecule has 1 heterocycles. The van der Waals surface area contributed by atoms with Crippen LogP contribution >= 0.6 is 0 Å². The minimum atomic E-state index is -4.23. The Morgan fingerprint density at radius 1 is 1.35 bits per heavy atom. The van der Waals surface area contributed by atoms with Crippen LogP contribution in [0, 0.1) is 5.92 Å². The van der Waals surface area contributed by atoms with E-state index >= 15 is 0 Å². The molecular formula is C12H20F3N3O2. The maximum absolute atomic E-state index is 12.5. The van der Waals surface area contributed by atoms with Crippen molar-refractivity contribution in [3.8, 4) is 0 Å². The van der Waals surface area contributed by atoms with Crippen molar-refractivity contribution in [2.24, 2.45) is 5.92 Å². The number of nitrogens with one attached hydrogen (secondary N) is 3. The normalized spacial score (nSPS) is 24.9. The van der Waals surface area contributed by atoms with Crippen molar-refractivity contribution in [3.63, 3.8) is 0 Å². The lowest BCUT2D eigenvalue weighted by Gasteiger charge is -2.30. The third-order valence-electron chi connectivity index (χ3n) is 3.30. The molecule has 0 bridgehead atoms. The van der Waals surface area contributed by atoms with E-state index in [1.807, 2.05) is 0 Å². The fourth-order valence-corrected chi connectivity index (χ4v) is 2.07. The Morgan fingerprint density at radius 3 is 2.45 bits per heavy atom. The summed E-state index contributed by atoms with van der Waals surface area (Å²) < 4.78 is 37.4. The lowest BCUT2D eigenvalue weighted by molar-refractivity contribution is -0.180. The molecule has 0 aromatic carbocycles. The summed E-state index contributed by atoms with van der Waals surface area (Å²) >= 11 is 0. The third-order valence-corrected chi connectivity index (χ3v) is 3.30. The van der Waals surface area contributed by atoms with Crippen LogP contribution in [0.5, 0.6) is 0 Å². The number of likely N-dealkylation sites (N-methyl/N-ethyl adjacent to an activating group) is 1. The van der Waals surface area contributed by atoms with E-state index in [9.17, 15) is 22.8 Å². The van der Waals surface area contributed by atoms with Crippen molar-refractivity contribution in [2.45, 2.75) is 44.9 Å². The highest BCUT2D eigenvalue weighted by atomic mass is 19.4. The summed E-state index contributed by atoms with van der Waals surface area (Å²) in [5.74, 6) is -2.17. The Labute approximate surface area is 115 Å².